The van der Waals surface area contributed by atoms with Gasteiger partial charge in [0.15, 0.2) is 6.61 Å². The highest BCUT2D eigenvalue weighted by molar-refractivity contribution is 5.90. The summed E-state index contributed by atoms with van der Waals surface area (Å²) >= 11 is 0. The summed E-state index contributed by atoms with van der Waals surface area (Å²) in [5.74, 6) is 0.455. The van der Waals surface area contributed by atoms with Gasteiger partial charge in [0.05, 0.1) is 0 Å². The molecule has 0 radical (unpaired) electrons. The normalized spacial score (nSPS) is 14.6. The second kappa shape index (κ2) is 11.7. The smallest absolute Gasteiger partial charge is 0.261 e. The van der Waals surface area contributed by atoms with E-state index in [0.29, 0.717) is 25.1 Å². The molecule has 1 aliphatic rings. The molecule has 0 bridgehead atoms. The summed E-state index contributed by atoms with van der Waals surface area (Å²) in [6.07, 6.45) is 5.59. The SMILES string of the molecule is CC[C@@H](C(=O)NC1CCCC1)N(CCc1ccccc1)C(=O)COc1cccc2ccccc12. The van der Waals surface area contributed by atoms with Crippen molar-refractivity contribution in [1.29, 1.82) is 0 Å². The van der Waals surface area contributed by atoms with Crippen LogP contribution in [-0.2, 0) is 16.0 Å². The van der Waals surface area contributed by atoms with Crippen molar-refractivity contribution in [3.8, 4) is 5.75 Å². The zero-order valence-corrected chi connectivity index (χ0v) is 19.9. The Bertz CT molecular complexity index is 1090. The lowest BCUT2D eigenvalue weighted by Crippen LogP contribution is -2.52. The second-order valence-electron chi connectivity index (χ2n) is 9.00. The number of benzene rings is 3. The summed E-state index contributed by atoms with van der Waals surface area (Å²) in [6, 6.07) is 23.6. The van der Waals surface area contributed by atoms with E-state index < -0.39 is 6.04 Å². The molecule has 0 unspecified atom stereocenters. The van der Waals surface area contributed by atoms with Gasteiger partial charge in [0.2, 0.25) is 5.91 Å². The molecular weight excluding hydrogens is 424 g/mol. The summed E-state index contributed by atoms with van der Waals surface area (Å²) in [4.78, 5) is 28.3. The highest BCUT2D eigenvalue weighted by Crippen LogP contribution is 2.25. The molecule has 34 heavy (non-hydrogen) atoms. The zero-order valence-electron chi connectivity index (χ0n) is 19.9. The number of nitrogens with one attached hydrogen (secondary N) is 1. The van der Waals surface area contributed by atoms with Crippen molar-refractivity contribution in [2.75, 3.05) is 13.2 Å². The van der Waals surface area contributed by atoms with E-state index >= 15 is 0 Å². The van der Waals surface area contributed by atoms with Gasteiger partial charge in [-0.3, -0.25) is 9.59 Å². The highest BCUT2D eigenvalue weighted by atomic mass is 16.5. The topological polar surface area (TPSA) is 58.6 Å². The first-order valence-corrected chi connectivity index (χ1v) is 12.4. The van der Waals surface area contributed by atoms with Crippen molar-refractivity contribution in [3.05, 3.63) is 78.4 Å². The standard InChI is InChI=1S/C29H34N2O3/c1-2-26(29(33)30-24-15-7-8-16-24)31(20-19-22-11-4-3-5-12-22)28(32)21-34-27-18-10-14-23-13-6-9-17-25(23)27/h3-6,9-14,17-18,24,26H,2,7-8,15-16,19-21H2,1H3,(H,30,33)/t26-/m0/s1. The van der Waals surface area contributed by atoms with Crippen molar-refractivity contribution in [3.63, 3.8) is 0 Å². The first-order chi connectivity index (χ1) is 16.7. The van der Waals surface area contributed by atoms with Gasteiger partial charge in [-0.25, -0.2) is 0 Å². The third-order valence-electron chi connectivity index (χ3n) is 6.67. The minimum absolute atomic E-state index is 0.0547. The number of nitrogens with zero attached hydrogens (tertiary/aromatic N) is 1. The van der Waals surface area contributed by atoms with Crippen molar-refractivity contribution in [1.82, 2.24) is 10.2 Å². The van der Waals surface area contributed by atoms with Crippen LogP contribution >= 0.6 is 0 Å². The van der Waals surface area contributed by atoms with Gasteiger partial charge in [0, 0.05) is 18.0 Å². The molecule has 1 fully saturated rings. The Morgan fingerprint density at radius 2 is 1.68 bits per heavy atom. The van der Waals surface area contributed by atoms with Gasteiger partial charge in [0.25, 0.3) is 5.91 Å². The van der Waals surface area contributed by atoms with E-state index in [4.69, 9.17) is 4.74 Å². The lowest BCUT2D eigenvalue weighted by Gasteiger charge is -2.31. The van der Waals surface area contributed by atoms with E-state index in [2.05, 4.69) is 17.4 Å². The van der Waals surface area contributed by atoms with Gasteiger partial charge >= 0.3 is 0 Å². The number of hydrogen-bond acceptors (Lipinski definition) is 3. The van der Waals surface area contributed by atoms with Gasteiger partial charge in [0.1, 0.15) is 11.8 Å². The van der Waals surface area contributed by atoms with E-state index in [1.807, 2.05) is 67.6 Å². The van der Waals surface area contributed by atoms with Gasteiger partial charge < -0.3 is 15.0 Å². The van der Waals surface area contributed by atoms with E-state index in [-0.39, 0.29) is 24.5 Å². The summed E-state index contributed by atoms with van der Waals surface area (Å²) in [5, 5.41) is 5.23. The molecule has 3 aromatic carbocycles. The summed E-state index contributed by atoms with van der Waals surface area (Å²) in [7, 11) is 0. The molecule has 1 saturated carbocycles. The van der Waals surface area contributed by atoms with Crippen LogP contribution in [0.25, 0.3) is 10.8 Å². The number of carbonyl (C=O) groups is 2. The third kappa shape index (κ3) is 5.96. The second-order valence-corrected chi connectivity index (χ2v) is 9.00. The van der Waals surface area contributed by atoms with E-state index in [9.17, 15) is 9.59 Å². The van der Waals surface area contributed by atoms with Crippen LogP contribution in [0, 0.1) is 0 Å². The number of ether oxygens (including phenoxy) is 1. The fourth-order valence-electron chi connectivity index (χ4n) is 4.81. The molecule has 5 nitrogen and oxygen atoms in total. The Hall–Kier alpha value is -3.34. The Kier molecular flexibility index (Phi) is 8.18. The fraction of sp³-hybridized carbons (Fsp3) is 0.379. The largest absolute Gasteiger partial charge is 0.483 e. The summed E-state index contributed by atoms with van der Waals surface area (Å²) in [6.45, 7) is 2.33. The molecule has 4 rings (SSSR count). The first kappa shape index (κ1) is 23.8. The number of amides is 2. The van der Waals surface area contributed by atoms with E-state index in [0.717, 1.165) is 42.0 Å². The Morgan fingerprint density at radius 1 is 0.971 bits per heavy atom. The minimum atomic E-state index is -0.507. The van der Waals surface area contributed by atoms with E-state index in [1.165, 1.54) is 0 Å². The predicted octanol–water partition coefficient (Wildman–Crippen LogP) is 5.13. The number of hydrogen-bond donors (Lipinski definition) is 1. The molecule has 5 heteroatoms. The van der Waals surface area contributed by atoms with Gasteiger partial charge in [-0.05, 0) is 42.7 Å². The van der Waals surface area contributed by atoms with Crippen LogP contribution in [-0.4, -0.2) is 41.9 Å². The van der Waals surface area contributed by atoms with Crippen LogP contribution in [0.2, 0.25) is 0 Å². The minimum Gasteiger partial charge on any atom is -0.483 e. The van der Waals surface area contributed by atoms with Crippen molar-refractivity contribution in [2.24, 2.45) is 0 Å². The molecule has 1 N–H and O–H groups in total. The monoisotopic (exact) mass is 458 g/mol. The molecule has 0 heterocycles. The van der Waals surface area contributed by atoms with Crippen LogP contribution in [0.4, 0.5) is 0 Å². The Morgan fingerprint density at radius 3 is 2.44 bits per heavy atom. The number of carbonyl (C=O) groups excluding carboxylic acids is 2. The maximum Gasteiger partial charge on any atom is 0.261 e. The lowest BCUT2D eigenvalue weighted by molar-refractivity contribution is -0.142. The quantitative estimate of drug-likeness (QED) is 0.458. The third-order valence-corrected chi connectivity index (χ3v) is 6.67. The summed E-state index contributed by atoms with van der Waals surface area (Å²) in [5.41, 5.74) is 1.14. The van der Waals surface area contributed by atoms with E-state index in [1.54, 1.807) is 4.90 Å². The predicted molar refractivity (Wildman–Crippen MR) is 136 cm³/mol. The Labute approximate surface area is 202 Å². The van der Waals surface area contributed by atoms with Crippen LogP contribution in [0.3, 0.4) is 0 Å². The average Bonchev–Trinajstić information content (AvgIpc) is 3.38. The summed E-state index contributed by atoms with van der Waals surface area (Å²) < 4.78 is 6.00. The molecule has 0 spiro atoms. The molecule has 0 aliphatic heterocycles. The maximum atomic E-state index is 13.4. The number of fused-ring (bicyclic) bond motifs is 1. The molecule has 178 valence electrons. The fourth-order valence-corrected chi connectivity index (χ4v) is 4.81. The van der Waals surface area contributed by atoms with Crippen molar-refractivity contribution in [2.45, 2.75) is 57.5 Å². The first-order valence-electron chi connectivity index (χ1n) is 12.4. The molecule has 1 atom stereocenters. The van der Waals surface area contributed by atoms with Crippen LogP contribution in [0.5, 0.6) is 5.75 Å². The van der Waals surface area contributed by atoms with Gasteiger partial charge in [-0.1, -0.05) is 86.5 Å². The molecule has 2 amide bonds. The molecular formula is C29H34N2O3. The molecule has 0 aromatic heterocycles. The lowest BCUT2D eigenvalue weighted by atomic mass is 10.1. The van der Waals surface area contributed by atoms with Gasteiger partial charge in [-0.2, -0.15) is 0 Å². The van der Waals surface area contributed by atoms with Crippen LogP contribution < -0.4 is 10.1 Å². The maximum absolute atomic E-state index is 13.4. The molecule has 3 aromatic rings. The van der Waals surface area contributed by atoms with Crippen LogP contribution in [0.1, 0.15) is 44.6 Å². The van der Waals surface area contributed by atoms with Crippen molar-refractivity contribution < 1.29 is 14.3 Å². The Balaban J connectivity index is 1.49. The average molecular weight is 459 g/mol. The number of rotatable bonds is 10. The zero-order chi connectivity index (χ0) is 23.8. The molecule has 0 saturated heterocycles. The van der Waals surface area contributed by atoms with Gasteiger partial charge in [-0.15, -0.1) is 0 Å². The van der Waals surface area contributed by atoms with Crippen LogP contribution in [0.15, 0.2) is 72.8 Å². The van der Waals surface area contributed by atoms with Crippen molar-refractivity contribution >= 4 is 22.6 Å². The highest BCUT2D eigenvalue weighted by Gasteiger charge is 2.30. The molecule has 1 aliphatic carbocycles.